The van der Waals surface area contributed by atoms with Crippen molar-refractivity contribution in [3.63, 3.8) is 0 Å². The van der Waals surface area contributed by atoms with Crippen LogP contribution in [0.1, 0.15) is 32.7 Å². The summed E-state index contributed by atoms with van der Waals surface area (Å²) >= 11 is 5.34. The molecule has 0 aromatic carbocycles. The van der Waals surface area contributed by atoms with Gasteiger partial charge in [0.2, 0.25) is 0 Å². The molecule has 1 saturated heterocycles. The van der Waals surface area contributed by atoms with Gasteiger partial charge in [0.05, 0.1) is 17.9 Å². The molecule has 0 amide bonds. The molecule has 1 N–H and O–H groups in total. The van der Waals surface area contributed by atoms with E-state index in [1.165, 1.54) is 16.9 Å². The summed E-state index contributed by atoms with van der Waals surface area (Å²) in [5, 5.41) is 7.62. The van der Waals surface area contributed by atoms with E-state index in [1.54, 1.807) is 6.20 Å². The topological polar surface area (TPSA) is 46.9 Å². The van der Waals surface area contributed by atoms with Crippen molar-refractivity contribution in [3.05, 3.63) is 21.0 Å². The number of hydrogen-bond acceptors (Lipinski definition) is 4. The minimum Gasteiger partial charge on any atom is -0.379 e. The molecular weight excluding hydrogens is 314 g/mol. The van der Waals surface area contributed by atoms with Gasteiger partial charge < -0.3 is 5.32 Å². The van der Waals surface area contributed by atoms with Crippen LogP contribution in [0, 0.1) is 0 Å². The van der Waals surface area contributed by atoms with Gasteiger partial charge in [-0.2, -0.15) is 16.9 Å². The van der Waals surface area contributed by atoms with E-state index >= 15 is 0 Å². The predicted octanol–water partition coefficient (Wildman–Crippen LogP) is 2.89. The van der Waals surface area contributed by atoms with E-state index in [4.69, 9.17) is 0 Å². The van der Waals surface area contributed by atoms with E-state index < -0.39 is 0 Å². The average molecular weight is 332 g/mol. The number of hydrogen-bond donors (Lipinski definition) is 1. The third-order valence-electron chi connectivity index (χ3n) is 2.95. The average Bonchev–Trinajstić information content (AvgIpc) is 2.36. The molecule has 0 radical (unpaired) electrons. The highest BCUT2D eigenvalue weighted by atomic mass is 79.9. The molecular formula is C12H18BrN3OS. The normalized spacial score (nSPS) is 20.1. The molecule has 4 nitrogen and oxygen atoms in total. The molecule has 1 aromatic heterocycles. The lowest BCUT2D eigenvalue weighted by Crippen LogP contribution is -2.30. The molecule has 18 heavy (non-hydrogen) atoms. The first kappa shape index (κ1) is 13.9. The molecule has 6 heteroatoms. The first-order valence-electron chi connectivity index (χ1n) is 6.21. The summed E-state index contributed by atoms with van der Waals surface area (Å²) in [5.74, 6) is 2.34. The van der Waals surface area contributed by atoms with Gasteiger partial charge in [-0.05, 0) is 48.4 Å². The van der Waals surface area contributed by atoms with Crippen LogP contribution in [0.4, 0.5) is 5.69 Å². The van der Waals surface area contributed by atoms with Crippen LogP contribution in [0.5, 0.6) is 0 Å². The second-order valence-electron chi connectivity index (χ2n) is 4.77. The van der Waals surface area contributed by atoms with Crippen LogP contribution in [0.2, 0.25) is 0 Å². The van der Waals surface area contributed by atoms with Crippen molar-refractivity contribution < 1.29 is 0 Å². The lowest BCUT2D eigenvalue weighted by Gasteiger charge is -2.24. The molecule has 0 bridgehead atoms. The van der Waals surface area contributed by atoms with E-state index in [-0.39, 0.29) is 11.6 Å². The third kappa shape index (κ3) is 3.09. The van der Waals surface area contributed by atoms with E-state index in [2.05, 4.69) is 26.3 Å². The summed E-state index contributed by atoms with van der Waals surface area (Å²) in [6, 6.07) is 0.518. The summed E-state index contributed by atoms with van der Waals surface area (Å²) in [5.41, 5.74) is 0.739. The lowest BCUT2D eigenvalue weighted by atomic mass is 10.2. The maximum Gasteiger partial charge on any atom is 0.283 e. The Labute approximate surface area is 120 Å². The fourth-order valence-corrected chi connectivity index (χ4v) is 3.46. The van der Waals surface area contributed by atoms with Crippen LogP contribution in [0.25, 0.3) is 0 Å². The SMILES string of the molecule is CC(C)n1ncc(NC2CCCSC2)c(Br)c1=O. The van der Waals surface area contributed by atoms with Crippen molar-refractivity contribution in [3.8, 4) is 0 Å². The molecule has 100 valence electrons. The van der Waals surface area contributed by atoms with E-state index in [0.717, 1.165) is 17.9 Å². The Morgan fingerprint density at radius 2 is 2.39 bits per heavy atom. The predicted molar refractivity (Wildman–Crippen MR) is 80.6 cm³/mol. The number of thioether (sulfide) groups is 1. The van der Waals surface area contributed by atoms with E-state index in [1.807, 2.05) is 25.6 Å². The maximum atomic E-state index is 12.1. The standard InChI is InChI=1S/C12H18BrN3OS/c1-8(2)16-12(17)11(13)10(6-14-16)15-9-4-3-5-18-7-9/h6,8-9,15H,3-5,7H2,1-2H3. The van der Waals surface area contributed by atoms with Gasteiger partial charge in [0.1, 0.15) is 4.47 Å². The Balaban J connectivity index is 2.19. The highest BCUT2D eigenvalue weighted by molar-refractivity contribution is 9.10. The summed E-state index contributed by atoms with van der Waals surface area (Å²) in [6.45, 7) is 3.90. The maximum absolute atomic E-state index is 12.1. The van der Waals surface area contributed by atoms with Crippen LogP contribution >= 0.6 is 27.7 Å². The zero-order valence-electron chi connectivity index (χ0n) is 10.6. The van der Waals surface area contributed by atoms with Crippen molar-refractivity contribution >= 4 is 33.4 Å². The Hall–Kier alpha value is -0.490. The summed E-state index contributed by atoms with van der Waals surface area (Å²) in [7, 11) is 0. The zero-order chi connectivity index (χ0) is 13.1. The highest BCUT2D eigenvalue weighted by Gasteiger charge is 2.17. The van der Waals surface area contributed by atoms with Gasteiger partial charge in [-0.1, -0.05) is 0 Å². The van der Waals surface area contributed by atoms with Crippen molar-refractivity contribution in [2.24, 2.45) is 0 Å². The number of anilines is 1. The van der Waals surface area contributed by atoms with Gasteiger partial charge in [-0.25, -0.2) is 4.68 Å². The summed E-state index contributed by atoms with van der Waals surface area (Å²) in [4.78, 5) is 12.1. The first-order chi connectivity index (χ1) is 8.59. The van der Waals surface area contributed by atoms with Gasteiger partial charge >= 0.3 is 0 Å². The highest BCUT2D eigenvalue weighted by Crippen LogP contribution is 2.23. The second-order valence-corrected chi connectivity index (χ2v) is 6.72. The molecule has 2 rings (SSSR count). The van der Waals surface area contributed by atoms with Gasteiger partial charge in [-0.15, -0.1) is 0 Å². The minimum atomic E-state index is -0.0709. The van der Waals surface area contributed by atoms with E-state index in [0.29, 0.717) is 10.5 Å². The van der Waals surface area contributed by atoms with Gasteiger partial charge in [0.15, 0.2) is 0 Å². The van der Waals surface area contributed by atoms with Crippen molar-refractivity contribution in [2.45, 2.75) is 38.8 Å². The molecule has 1 aliphatic rings. The van der Waals surface area contributed by atoms with Crippen LogP contribution in [-0.4, -0.2) is 27.3 Å². The van der Waals surface area contributed by atoms with Gasteiger partial charge in [0, 0.05) is 11.8 Å². The second kappa shape index (κ2) is 6.10. The molecule has 0 spiro atoms. The van der Waals surface area contributed by atoms with Crippen LogP contribution in [0.3, 0.4) is 0 Å². The van der Waals surface area contributed by atoms with E-state index in [9.17, 15) is 4.79 Å². The lowest BCUT2D eigenvalue weighted by molar-refractivity contribution is 0.500. The van der Waals surface area contributed by atoms with Gasteiger partial charge in [-0.3, -0.25) is 4.79 Å². The number of nitrogens with zero attached hydrogens (tertiary/aromatic N) is 2. The van der Waals surface area contributed by atoms with Crippen molar-refractivity contribution in [1.29, 1.82) is 0 Å². The molecule has 0 saturated carbocycles. The van der Waals surface area contributed by atoms with Crippen molar-refractivity contribution in [2.75, 3.05) is 16.8 Å². The molecule has 0 aliphatic carbocycles. The Morgan fingerprint density at radius 3 is 3.00 bits per heavy atom. The fraction of sp³-hybridized carbons (Fsp3) is 0.667. The molecule has 1 aromatic rings. The molecule has 1 aliphatic heterocycles. The van der Waals surface area contributed by atoms with Crippen LogP contribution in [-0.2, 0) is 0 Å². The van der Waals surface area contributed by atoms with Crippen LogP contribution < -0.4 is 10.9 Å². The third-order valence-corrected chi connectivity index (χ3v) is 4.93. The summed E-state index contributed by atoms with van der Waals surface area (Å²) in [6.07, 6.45) is 4.13. The number of aromatic nitrogens is 2. The molecule has 1 fully saturated rings. The monoisotopic (exact) mass is 331 g/mol. The Kier molecular flexibility index (Phi) is 4.72. The number of halogens is 1. The molecule has 1 unspecified atom stereocenters. The largest absolute Gasteiger partial charge is 0.379 e. The fourth-order valence-electron chi connectivity index (χ4n) is 1.99. The zero-order valence-corrected chi connectivity index (χ0v) is 13.1. The minimum absolute atomic E-state index is 0.0709. The Morgan fingerprint density at radius 1 is 1.61 bits per heavy atom. The number of nitrogens with one attached hydrogen (secondary N) is 1. The molecule has 2 heterocycles. The quantitative estimate of drug-likeness (QED) is 0.925. The smallest absolute Gasteiger partial charge is 0.283 e. The van der Waals surface area contributed by atoms with Crippen molar-refractivity contribution in [1.82, 2.24) is 9.78 Å². The molecule has 1 atom stereocenters. The first-order valence-corrected chi connectivity index (χ1v) is 8.16. The number of rotatable bonds is 3. The summed E-state index contributed by atoms with van der Waals surface area (Å²) < 4.78 is 2.08. The Bertz CT molecular complexity index is 469. The van der Waals surface area contributed by atoms with Gasteiger partial charge in [0.25, 0.3) is 5.56 Å². The van der Waals surface area contributed by atoms with Crippen LogP contribution in [0.15, 0.2) is 15.5 Å².